The predicted molar refractivity (Wildman–Crippen MR) is 83.1 cm³/mol. The molecule has 21 heavy (non-hydrogen) atoms. The zero-order valence-electron chi connectivity index (χ0n) is 13.1. The molecule has 3 atom stereocenters. The Morgan fingerprint density at radius 3 is 3.05 bits per heavy atom. The third-order valence-corrected chi connectivity index (χ3v) is 4.35. The summed E-state index contributed by atoms with van der Waals surface area (Å²) in [4.78, 5) is 4.00. The number of nitrogens with zero attached hydrogens (tertiary/aromatic N) is 2. The summed E-state index contributed by atoms with van der Waals surface area (Å²) in [6.45, 7) is 4.96. The largest absolute Gasteiger partial charge is 0.389 e. The fourth-order valence-electron chi connectivity index (χ4n) is 3.05. The predicted octanol–water partition coefficient (Wildman–Crippen LogP) is 1.82. The molecule has 1 fully saturated rings. The van der Waals surface area contributed by atoms with Crippen LogP contribution >= 0.6 is 0 Å². The van der Waals surface area contributed by atoms with E-state index in [0.29, 0.717) is 25.2 Å². The molecule has 5 nitrogen and oxygen atoms in total. The second kappa shape index (κ2) is 9.18. The topological polar surface area (TPSA) is 59.3 Å². The maximum atomic E-state index is 9.99. The van der Waals surface area contributed by atoms with E-state index in [1.807, 2.05) is 10.8 Å². The SMILES string of the molecule is CCC1CCCCC1OCC(O)CNCCn1ccnc1. The average Bonchev–Trinajstić information content (AvgIpc) is 3.03. The summed E-state index contributed by atoms with van der Waals surface area (Å²) in [5, 5.41) is 13.2. The fourth-order valence-corrected chi connectivity index (χ4v) is 3.05. The van der Waals surface area contributed by atoms with Crippen LogP contribution in [0, 0.1) is 5.92 Å². The van der Waals surface area contributed by atoms with Crippen molar-refractivity contribution in [2.24, 2.45) is 5.92 Å². The number of aliphatic hydroxyl groups is 1. The number of aromatic nitrogens is 2. The molecule has 120 valence electrons. The summed E-state index contributed by atoms with van der Waals surface area (Å²) in [5.41, 5.74) is 0. The Bertz CT molecular complexity index is 370. The Morgan fingerprint density at radius 2 is 2.29 bits per heavy atom. The Labute approximate surface area is 127 Å². The minimum atomic E-state index is -0.424. The molecule has 2 rings (SSSR count). The maximum Gasteiger partial charge on any atom is 0.0946 e. The van der Waals surface area contributed by atoms with E-state index in [1.54, 1.807) is 12.5 Å². The average molecular weight is 295 g/mol. The summed E-state index contributed by atoms with van der Waals surface area (Å²) in [6.07, 6.45) is 11.7. The number of aliphatic hydroxyl groups excluding tert-OH is 1. The first-order valence-electron chi connectivity index (χ1n) is 8.25. The van der Waals surface area contributed by atoms with Crippen LogP contribution in [0.1, 0.15) is 39.0 Å². The molecule has 0 aliphatic heterocycles. The minimum Gasteiger partial charge on any atom is -0.389 e. The Kier molecular flexibility index (Phi) is 7.19. The van der Waals surface area contributed by atoms with Crippen molar-refractivity contribution in [3.05, 3.63) is 18.7 Å². The van der Waals surface area contributed by atoms with Crippen molar-refractivity contribution in [3.8, 4) is 0 Å². The molecule has 1 heterocycles. The summed E-state index contributed by atoms with van der Waals surface area (Å²) >= 11 is 0. The number of nitrogens with one attached hydrogen (secondary N) is 1. The van der Waals surface area contributed by atoms with Crippen molar-refractivity contribution in [2.45, 2.75) is 57.8 Å². The smallest absolute Gasteiger partial charge is 0.0946 e. The van der Waals surface area contributed by atoms with Crippen molar-refractivity contribution < 1.29 is 9.84 Å². The summed E-state index contributed by atoms with van der Waals surface area (Å²) in [6, 6.07) is 0. The molecule has 0 amide bonds. The first-order chi connectivity index (χ1) is 10.3. The molecule has 0 bridgehead atoms. The zero-order chi connectivity index (χ0) is 14.9. The van der Waals surface area contributed by atoms with E-state index < -0.39 is 6.10 Å². The molecule has 0 saturated heterocycles. The molecule has 1 aromatic heterocycles. The van der Waals surface area contributed by atoms with Crippen LogP contribution < -0.4 is 5.32 Å². The molecule has 1 aromatic rings. The minimum absolute atomic E-state index is 0.351. The van der Waals surface area contributed by atoms with Gasteiger partial charge in [-0.1, -0.05) is 26.2 Å². The molecule has 1 aliphatic rings. The van der Waals surface area contributed by atoms with Crippen LogP contribution in [-0.2, 0) is 11.3 Å². The van der Waals surface area contributed by atoms with E-state index in [9.17, 15) is 5.11 Å². The lowest BCUT2D eigenvalue weighted by atomic mass is 9.85. The van der Waals surface area contributed by atoms with Gasteiger partial charge in [-0.25, -0.2) is 4.98 Å². The van der Waals surface area contributed by atoms with Crippen molar-refractivity contribution in [1.82, 2.24) is 14.9 Å². The molecule has 0 aromatic carbocycles. The van der Waals surface area contributed by atoms with Crippen molar-refractivity contribution in [2.75, 3.05) is 19.7 Å². The van der Waals surface area contributed by atoms with Gasteiger partial charge in [0, 0.05) is 32.0 Å². The highest BCUT2D eigenvalue weighted by Crippen LogP contribution is 2.29. The van der Waals surface area contributed by atoms with Gasteiger partial charge in [0.15, 0.2) is 0 Å². The third kappa shape index (κ3) is 5.77. The number of hydrogen-bond acceptors (Lipinski definition) is 4. The maximum absolute atomic E-state index is 9.99. The highest BCUT2D eigenvalue weighted by Gasteiger charge is 2.24. The molecule has 3 unspecified atom stereocenters. The van der Waals surface area contributed by atoms with Crippen LogP contribution in [0.5, 0.6) is 0 Å². The van der Waals surface area contributed by atoms with E-state index in [4.69, 9.17) is 4.74 Å². The fraction of sp³-hybridized carbons (Fsp3) is 0.812. The summed E-state index contributed by atoms with van der Waals surface area (Å²) in [7, 11) is 0. The summed E-state index contributed by atoms with van der Waals surface area (Å²) < 4.78 is 7.96. The van der Waals surface area contributed by atoms with Gasteiger partial charge in [0.1, 0.15) is 0 Å². The van der Waals surface area contributed by atoms with Crippen LogP contribution in [0.3, 0.4) is 0 Å². The van der Waals surface area contributed by atoms with E-state index >= 15 is 0 Å². The molecular weight excluding hydrogens is 266 g/mol. The quantitative estimate of drug-likeness (QED) is 0.682. The van der Waals surface area contributed by atoms with Crippen molar-refractivity contribution in [3.63, 3.8) is 0 Å². The van der Waals surface area contributed by atoms with E-state index in [1.165, 1.54) is 25.7 Å². The lowest BCUT2D eigenvalue weighted by Gasteiger charge is -2.31. The van der Waals surface area contributed by atoms with Crippen LogP contribution in [0.15, 0.2) is 18.7 Å². The number of hydrogen-bond donors (Lipinski definition) is 2. The standard InChI is InChI=1S/C16H29N3O2/c1-2-14-5-3-4-6-16(14)21-12-15(20)11-17-7-9-19-10-8-18-13-19/h8,10,13-17,20H,2-7,9,11-12H2,1H3. The molecule has 2 N–H and O–H groups in total. The van der Waals surface area contributed by atoms with Crippen molar-refractivity contribution >= 4 is 0 Å². The number of ether oxygens (including phenoxy) is 1. The molecule has 0 spiro atoms. The molecule has 1 aliphatic carbocycles. The Morgan fingerprint density at radius 1 is 1.43 bits per heavy atom. The molecule has 0 radical (unpaired) electrons. The first-order valence-corrected chi connectivity index (χ1v) is 8.25. The first kappa shape index (κ1) is 16.5. The Balaban J connectivity index is 1.55. The van der Waals surface area contributed by atoms with E-state index in [-0.39, 0.29) is 0 Å². The normalized spacial score (nSPS) is 24.1. The lowest BCUT2D eigenvalue weighted by molar-refractivity contribution is -0.0498. The van der Waals surface area contributed by atoms with Crippen molar-refractivity contribution in [1.29, 1.82) is 0 Å². The molecule has 5 heteroatoms. The lowest BCUT2D eigenvalue weighted by Crippen LogP contribution is -2.35. The van der Waals surface area contributed by atoms with E-state index in [2.05, 4.69) is 17.2 Å². The second-order valence-corrected chi connectivity index (χ2v) is 5.98. The second-order valence-electron chi connectivity index (χ2n) is 5.98. The number of imidazole rings is 1. The molecular formula is C16H29N3O2. The van der Waals surface area contributed by atoms with Crippen LogP contribution in [0.25, 0.3) is 0 Å². The highest BCUT2D eigenvalue weighted by atomic mass is 16.5. The number of rotatable bonds is 9. The van der Waals surface area contributed by atoms with Crippen LogP contribution in [0.2, 0.25) is 0 Å². The monoisotopic (exact) mass is 295 g/mol. The van der Waals surface area contributed by atoms with Gasteiger partial charge in [0.05, 0.1) is 25.1 Å². The zero-order valence-corrected chi connectivity index (χ0v) is 13.1. The van der Waals surface area contributed by atoms with Gasteiger partial charge in [0.2, 0.25) is 0 Å². The van der Waals surface area contributed by atoms with Gasteiger partial charge >= 0.3 is 0 Å². The third-order valence-electron chi connectivity index (χ3n) is 4.35. The van der Waals surface area contributed by atoms with Crippen LogP contribution in [-0.4, -0.2) is 46.6 Å². The van der Waals surface area contributed by atoms with Crippen LogP contribution in [0.4, 0.5) is 0 Å². The Hall–Kier alpha value is -0.910. The van der Waals surface area contributed by atoms with Gasteiger partial charge in [0.25, 0.3) is 0 Å². The van der Waals surface area contributed by atoms with Gasteiger partial charge in [-0.2, -0.15) is 0 Å². The van der Waals surface area contributed by atoms with E-state index in [0.717, 1.165) is 19.5 Å². The highest BCUT2D eigenvalue weighted by molar-refractivity contribution is 4.76. The van der Waals surface area contributed by atoms with Gasteiger partial charge in [-0.05, 0) is 18.8 Å². The van der Waals surface area contributed by atoms with Gasteiger partial charge in [-0.3, -0.25) is 0 Å². The van der Waals surface area contributed by atoms with Gasteiger partial charge < -0.3 is 19.7 Å². The summed E-state index contributed by atoms with van der Waals surface area (Å²) in [5.74, 6) is 0.681. The van der Waals surface area contributed by atoms with Gasteiger partial charge in [-0.15, -0.1) is 0 Å². The molecule has 1 saturated carbocycles.